The summed E-state index contributed by atoms with van der Waals surface area (Å²) in [6, 6.07) is 10.2. The second-order valence-corrected chi connectivity index (χ2v) is 7.15. The molecule has 0 heterocycles. The van der Waals surface area contributed by atoms with E-state index in [-0.39, 0.29) is 17.4 Å². The average Bonchev–Trinajstić information content (AvgIpc) is 2.52. The van der Waals surface area contributed by atoms with Gasteiger partial charge in [-0.25, -0.2) is 0 Å². The maximum atomic E-state index is 12.3. The number of hydrogen-bond acceptors (Lipinski definition) is 3. The molecule has 0 fully saturated rings. The fraction of sp³-hybridized carbons (Fsp3) is 0.632. The largest absolute Gasteiger partial charge is 0.353 e. The summed E-state index contributed by atoms with van der Waals surface area (Å²) < 4.78 is 0. The van der Waals surface area contributed by atoms with Gasteiger partial charge in [0.2, 0.25) is 5.91 Å². The van der Waals surface area contributed by atoms with Gasteiger partial charge in [-0.3, -0.25) is 9.69 Å². The topological polar surface area (TPSA) is 58.4 Å². The van der Waals surface area contributed by atoms with E-state index in [0.29, 0.717) is 6.54 Å². The summed E-state index contributed by atoms with van der Waals surface area (Å²) in [5.41, 5.74) is 7.11. The zero-order valence-corrected chi connectivity index (χ0v) is 15.3. The highest BCUT2D eigenvalue weighted by atomic mass is 16.2. The molecule has 0 bridgehead atoms. The smallest absolute Gasteiger partial charge is 0.237 e. The van der Waals surface area contributed by atoms with E-state index >= 15 is 0 Å². The van der Waals surface area contributed by atoms with Crippen molar-refractivity contribution in [2.45, 2.75) is 53.1 Å². The Bertz CT molecular complexity index is 463. The third-order valence-corrected chi connectivity index (χ3v) is 4.37. The number of nitrogens with two attached hydrogens (primary N) is 1. The van der Waals surface area contributed by atoms with E-state index in [9.17, 15) is 4.79 Å². The minimum atomic E-state index is -0.489. The Kier molecular flexibility index (Phi) is 7.73. The molecule has 3 N–H and O–H groups in total. The highest BCUT2D eigenvalue weighted by Gasteiger charge is 2.28. The molecule has 0 aliphatic rings. The van der Waals surface area contributed by atoms with E-state index in [1.54, 1.807) is 0 Å². The molecule has 2 atom stereocenters. The molecule has 0 aromatic heterocycles. The molecular formula is C19H33N3O. The molecule has 4 nitrogen and oxygen atoms in total. The molecule has 1 unspecified atom stereocenters. The van der Waals surface area contributed by atoms with Crippen molar-refractivity contribution in [2.24, 2.45) is 11.1 Å². The van der Waals surface area contributed by atoms with Gasteiger partial charge < -0.3 is 11.1 Å². The average molecular weight is 319 g/mol. The van der Waals surface area contributed by atoms with Gasteiger partial charge in [-0.2, -0.15) is 0 Å². The molecule has 1 aromatic rings. The van der Waals surface area contributed by atoms with E-state index < -0.39 is 6.04 Å². The first kappa shape index (κ1) is 19.7. The standard InChI is InChI=1S/C19H33N3O/c1-6-22(7-2)16(13-15-11-9-8-10-12-15)14-21-18(23)17(20)19(3,4)5/h8-12,16-17H,6-7,13-14,20H2,1-5H3,(H,21,23)/t16?,17-/m1/s1. The number of rotatable bonds is 8. The summed E-state index contributed by atoms with van der Waals surface area (Å²) in [4.78, 5) is 14.7. The van der Waals surface area contributed by atoms with Crippen molar-refractivity contribution in [3.05, 3.63) is 35.9 Å². The molecule has 23 heavy (non-hydrogen) atoms. The first-order valence-corrected chi connectivity index (χ1v) is 8.60. The molecule has 1 aromatic carbocycles. The number of carbonyl (C=O) groups excluding carboxylic acids is 1. The van der Waals surface area contributed by atoms with Gasteiger partial charge in [0.15, 0.2) is 0 Å². The summed E-state index contributed by atoms with van der Waals surface area (Å²) >= 11 is 0. The maximum absolute atomic E-state index is 12.3. The molecule has 1 amide bonds. The fourth-order valence-corrected chi connectivity index (χ4v) is 2.68. The van der Waals surface area contributed by atoms with Crippen LogP contribution in [-0.4, -0.2) is 42.5 Å². The summed E-state index contributed by atoms with van der Waals surface area (Å²) in [5, 5.41) is 3.05. The highest BCUT2D eigenvalue weighted by molar-refractivity contribution is 5.82. The predicted octanol–water partition coefficient (Wildman–Crippen LogP) is 2.43. The van der Waals surface area contributed by atoms with E-state index in [4.69, 9.17) is 5.73 Å². The number of likely N-dealkylation sites (N-methyl/N-ethyl adjacent to an activating group) is 1. The van der Waals surface area contributed by atoms with E-state index in [1.165, 1.54) is 5.56 Å². The van der Waals surface area contributed by atoms with Crippen molar-refractivity contribution in [3.63, 3.8) is 0 Å². The molecule has 0 saturated carbocycles. The number of amides is 1. The number of nitrogens with one attached hydrogen (secondary N) is 1. The predicted molar refractivity (Wildman–Crippen MR) is 97.3 cm³/mol. The Labute approximate surface area is 141 Å². The lowest BCUT2D eigenvalue weighted by molar-refractivity contribution is -0.124. The second-order valence-electron chi connectivity index (χ2n) is 7.15. The van der Waals surface area contributed by atoms with Crippen LogP contribution < -0.4 is 11.1 Å². The van der Waals surface area contributed by atoms with Crippen LogP contribution in [0.2, 0.25) is 0 Å². The Hall–Kier alpha value is -1.39. The van der Waals surface area contributed by atoms with Gasteiger partial charge in [-0.15, -0.1) is 0 Å². The molecule has 1 rings (SSSR count). The third kappa shape index (κ3) is 6.32. The van der Waals surface area contributed by atoms with Crippen LogP contribution in [0.1, 0.15) is 40.2 Å². The van der Waals surface area contributed by atoms with Gasteiger partial charge in [0, 0.05) is 12.6 Å². The lowest BCUT2D eigenvalue weighted by Crippen LogP contribution is -2.52. The number of hydrogen-bond donors (Lipinski definition) is 2. The lowest BCUT2D eigenvalue weighted by atomic mass is 9.87. The lowest BCUT2D eigenvalue weighted by Gasteiger charge is -2.32. The number of benzene rings is 1. The summed E-state index contributed by atoms with van der Waals surface area (Å²) in [6.07, 6.45) is 0.924. The first-order valence-electron chi connectivity index (χ1n) is 8.60. The van der Waals surface area contributed by atoms with Crippen LogP contribution in [0.3, 0.4) is 0 Å². The Balaban J connectivity index is 2.72. The molecule has 0 radical (unpaired) electrons. The Morgan fingerprint density at radius 2 is 1.74 bits per heavy atom. The highest BCUT2D eigenvalue weighted by Crippen LogP contribution is 2.17. The quantitative estimate of drug-likeness (QED) is 0.774. The summed E-state index contributed by atoms with van der Waals surface area (Å²) in [6.45, 7) is 12.8. The third-order valence-electron chi connectivity index (χ3n) is 4.37. The van der Waals surface area contributed by atoms with Crippen LogP contribution in [-0.2, 0) is 11.2 Å². The van der Waals surface area contributed by atoms with Gasteiger partial charge in [0.05, 0.1) is 6.04 Å². The Morgan fingerprint density at radius 1 is 1.17 bits per heavy atom. The zero-order chi connectivity index (χ0) is 17.5. The summed E-state index contributed by atoms with van der Waals surface area (Å²) in [7, 11) is 0. The van der Waals surface area contributed by atoms with Crippen LogP contribution in [0.5, 0.6) is 0 Å². The van der Waals surface area contributed by atoms with Gasteiger partial charge in [0.25, 0.3) is 0 Å². The SMILES string of the molecule is CCN(CC)C(CNC(=O)[C@@H](N)C(C)(C)C)Cc1ccccc1. The van der Waals surface area contributed by atoms with E-state index in [0.717, 1.165) is 19.5 Å². The van der Waals surface area contributed by atoms with Crippen molar-refractivity contribution in [1.29, 1.82) is 0 Å². The van der Waals surface area contributed by atoms with Crippen LogP contribution in [0.15, 0.2) is 30.3 Å². The van der Waals surface area contributed by atoms with Crippen LogP contribution in [0, 0.1) is 5.41 Å². The normalized spacial score (nSPS) is 14.6. The number of nitrogens with zero attached hydrogens (tertiary/aromatic N) is 1. The molecule has 0 spiro atoms. The molecule has 4 heteroatoms. The maximum Gasteiger partial charge on any atom is 0.237 e. The fourth-order valence-electron chi connectivity index (χ4n) is 2.68. The van der Waals surface area contributed by atoms with Crippen molar-refractivity contribution in [3.8, 4) is 0 Å². The van der Waals surface area contributed by atoms with Crippen LogP contribution in [0.25, 0.3) is 0 Å². The molecular weight excluding hydrogens is 286 g/mol. The first-order chi connectivity index (χ1) is 10.8. The molecule has 0 aliphatic carbocycles. The van der Waals surface area contributed by atoms with Crippen molar-refractivity contribution in [1.82, 2.24) is 10.2 Å². The zero-order valence-electron chi connectivity index (χ0n) is 15.3. The van der Waals surface area contributed by atoms with Gasteiger partial charge in [0.1, 0.15) is 0 Å². The summed E-state index contributed by atoms with van der Waals surface area (Å²) in [5.74, 6) is -0.0669. The second kappa shape index (κ2) is 9.04. The van der Waals surface area contributed by atoms with Crippen molar-refractivity contribution >= 4 is 5.91 Å². The van der Waals surface area contributed by atoms with E-state index in [2.05, 4.69) is 48.3 Å². The minimum absolute atomic E-state index is 0.0669. The Morgan fingerprint density at radius 3 is 2.22 bits per heavy atom. The van der Waals surface area contributed by atoms with Crippen molar-refractivity contribution in [2.75, 3.05) is 19.6 Å². The van der Waals surface area contributed by atoms with Gasteiger partial charge in [-0.05, 0) is 30.5 Å². The van der Waals surface area contributed by atoms with Gasteiger partial charge in [-0.1, -0.05) is 65.0 Å². The minimum Gasteiger partial charge on any atom is -0.353 e. The van der Waals surface area contributed by atoms with Crippen LogP contribution >= 0.6 is 0 Å². The molecule has 0 saturated heterocycles. The van der Waals surface area contributed by atoms with E-state index in [1.807, 2.05) is 26.8 Å². The number of carbonyl (C=O) groups is 1. The monoisotopic (exact) mass is 319 g/mol. The molecule has 0 aliphatic heterocycles. The molecule has 130 valence electrons. The van der Waals surface area contributed by atoms with Crippen LogP contribution in [0.4, 0.5) is 0 Å². The van der Waals surface area contributed by atoms with Gasteiger partial charge >= 0.3 is 0 Å². The van der Waals surface area contributed by atoms with Crippen molar-refractivity contribution < 1.29 is 4.79 Å².